The highest BCUT2D eigenvalue weighted by Gasteiger charge is 2.28. The molecular formula is C23H26FN3O3. The number of carbonyl (C=O) groups is 3. The van der Waals surface area contributed by atoms with Crippen molar-refractivity contribution in [2.75, 3.05) is 23.7 Å². The third-order valence-electron chi connectivity index (χ3n) is 5.34. The van der Waals surface area contributed by atoms with Crippen molar-refractivity contribution in [3.8, 4) is 0 Å². The van der Waals surface area contributed by atoms with Gasteiger partial charge in [-0.1, -0.05) is 13.0 Å². The maximum atomic E-state index is 13.1. The highest BCUT2D eigenvalue weighted by atomic mass is 19.1. The molecule has 7 heteroatoms. The fraction of sp³-hybridized carbons (Fsp3) is 0.348. The van der Waals surface area contributed by atoms with Crippen LogP contribution >= 0.6 is 0 Å². The van der Waals surface area contributed by atoms with Crippen LogP contribution in [0.3, 0.4) is 0 Å². The summed E-state index contributed by atoms with van der Waals surface area (Å²) < 4.78 is 13.1. The van der Waals surface area contributed by atoms with E-state index in [2.05, 4.69) is 10.6 Å². The number of piperidine rings is 1. The number of hydrogen-bond acceptors (Lipinski definition) is 3. The Kier molecular flexibility index (Phi) is 6.82. The van der Waals surface area contributed by atoms with E-state index >= 15 is 0 Å². The van der Waals surface area contributed by atoms with Crippen LogP contribution in [-0.2, 0) is 9.59 Å². The van der Waals surface area contributed by atoms with Crippen molar-refractivity contribution < 1.29 is 18.8 Å². The van der Waals surface area contributed by atoms with Gasteiger partial charge in [-0.3, -0.25) is 14.4 Å². The highest BCUT2D eigenvalue weighted by molar-refractivity contribution is 5.96. The van der Waals surface area contributed by atoms with Crippen LogP contribution in [0, 0.1) is 18.7 Å². The molecule has 30 heavy (non-hydrogen) atoms. The second-order valence-corrected chi connectivity index (χ2v) is 7.49. The van der Waals surface area contributed by atoms with E-state index < -0.39 is 0 Å². The van der Waals surface area contributed by atoms with Crippen molar-refractivity contribution in [3.63, 3.8) is 0 Å². The second kappa shape index (κ2) is 9.52. The lowest BCUT2D eigenvalue weighted by Gasteiger charge is -2.31. The van der Waals surface area contributed by atoms with Gasteiger partial charge in [0.1, 0.15) is 5.82 Å². The van der Waals surface area contributed by atoms with Crippen molar-refractivity contribution in [1.82, 2.24) is 4.90 Å². The van der Waals surface area contributed by atoms with E-state index in [9.17, 15) is 18.8 Å². The van der Waals surface area contributed by atoms with E-state index in [1.54, 1.807) is 24.0 Å². The number of halogens is 1. The summed E-state index contributed by atoms with van der Waals surface area (Å²) in [5, 5.41) is 5.75. The van der Waals surface area contributed by atoms with Crippen molar-refractivity contribution in [2.45, 2.75) is 33.1 Å². The molecule has 0 bridgehead atoms. The Morgan fingerprint density at radius 1 is 1.03 bits per heavy atom. The molecule has 0 radical (unpaired) electrons. The Hall–Kier alpha value is -3.22. The van der Waals surface area contributed by atoms with Gasteiger partial charge in [0.2, 0.25) is 11.8 Å². The quantitative estimate of drug-likeness (QED) is 0.781. The number of nitrogens with one attached hydrogen (secondary N) is 2. The molecule has 6 nitrogen and oxygen atoms in total. The molecular weight excluding hydrogens is 385 g/mol. The van der Waals surface area contributed by atoms with Gasteiger partial charge < -0.3 is 15.5 Å². The van der Waals surface area contributed by atoms with Crippen LogP contribution in [0.15, 0.2) is 42.5 Å². The van der Waals surface area contributed by atoms with E-state index in [4.69, 9.17) is 0 Å². The number of likely N-dealkylation sites (tertiary alicyclic amines) is 1. The zero-order valence-electron chi connectivity index (χ0n) is 17.2. The van der Waals surface area contributed by atoms with E-state index in [0.717, 1.165) is 5.56 Å². The number of aryl methyl sites for hydroxylation is 1. The monoisotopic (exact) mass is 411 g/mol. The van der Waals surface area contributed by atoms with Crippen molar-refractivity contribution in [1.29, 1.82) is 0 Å². The van der Waals surface area contributed by atoms with Gasteiger partial charge in [0.25, 0.3) is 5.91 Å². The molecule has 1 aliphatic rings. The summed E-state index contributed by atoms with van der Waals surface area (Å²) in [4.78, 5) is 38.6. The minimum atomic E-state index is -0.379. The smallest absolute Gasteiger partial charge is 0.253 e. The summed E-state index contributed by atoms with van der Waals surface area (Å²) in [6.45, 7) is 4.62. The predicted molar refractivity (Wildman–Crippen MR) is 114 cm³/mol. The van der Waals surface area contributed by atoms with Crippen molar-refractivity contribution >= 4 is 29.1 Å². The van der Waals surface area contributed by atoms with Crippen LogP contribution in [-0.4, -0.2) is 35.7 Å². The first-order valence-corrected chi connectivity index (χ1v) is 10.1. The molecule has 0 unspecified atom stereocenters. The average Bonchev–Trinajstić information content (AvgIpc) is 2.76. The lowest BCUT2D eigenvalue weighted by Crippen LogP contribution is -2.41. The molecule has 0 aliphatic carbocycles. The van der Waals surface area contributed by atoms with E-state index in [1.165, 1.54) is 24.3 Å². The molecule has 3 rings (SSSR count). The molecule has 0 saturated carbocycles. The van der Waals surface area contributed by atoms with Gasteiger partial charge in [-0.25, -0.2) is 4.39 Å². The Balaban J connectivity index is 1.58. The zero-order chi connectivity index (χ0) is 21.7. The topological polar surface area (TPSA) is 78.5 Å². The average molecular weight is 411 g/mol. The normalized spacial score (nSPS) is 14.3. The molecule has 2 aromatic rings. The van der Waals surface area contributed by atoms with Crippen LogP contribution in [0.5, 0.6) is 0 Å². The van der Waals surface area contributed by atoms with Crippen LogP contribution in [0.4, 0.5) is 15.8 Å². The summed E-state index contributed by atoms with van der Waals surface area (Å²) in [7, 11) is 0. The van der Waals surface area contributed by atoms with Crippen LogP contribution in [0.1, 0.15) is 42.1 Å². The molecule has 1 saturated heterocycles. The van der Waals surface area contributed by atoms with Crippen LogP contribution < -0.4 is 10.6 Å². The number of benzene rings is 2. The number of amides is 3. The molecule has 158 valence electrons. The van der Waals surface area contributed by atoms with Crippen molar-refractivity contribution in [2.24, 2.45) is 5.92 Å². The van der Waals surface area contributed by atoms with Gasteiger partial charge in [0, 0.05) is 42.4 Å². The molecule has 0 atom stereocenters. The third kappa shape index (κ3) is 5.23. The summed E-state index contributed by atoms with van der Waals surface area (Å²) in [6.07, 6.45) is 1.50. The molecule has 1 heterocycles. The minimum absolute atomic E-state index is 0.0886. The second-order valence-electron chi connectivity index (χ2n) is 7.49. The number of hydrogen-bond donors (Lipinski definition) is 2. The van der Waals surface area contributed by atoms with Crippen molar-refractivity contribution in [3.05, 3.63) is 59.4 Å². The van der Waals surface area contributed by atoms with Gasteiger partial charge in [0.15, 0.2) is 0 Å². The van der Waals surface area contributed by atoms with Gasteiger partial charge in [-0.05, 0) is 61.7 Å². The number of anilines is 2. The summed E-state index contributed by atoms with van der Waals surface area (Å²) in [6, 6.07) is 10.9. The lowest BCUT2D eigenvalue weighted by atomic mass is 9.95. The Morgan fingerprint density at radius 3 is 2.33 bits per heavy atom. The summed E-state index contributed by atoms with van der Waals surface area (Å²) in [5.41, 5.74) is 2.66. The molecule has 1 aliphatic heterocycles. The zero-order valence-corrected chi connectivity index (χ0v) is 17.2. The predicted octanol–water partition coefficient (Wildman–Crippen LogP) is 3.97. The molecule has 1 fully saturated rings. The Bertz CT molecular complexity index is 935. The van der Waals surface area contributed by atoms with Gasteiger partial charge in [0.05, 0.1) is 0 Å². The molecule has 2 N–H and O–H groups in total. The summed E-state index contributed by atoms with van der Waals surface area (Å²) in [5.74, 6) is -0.907. The van der Waals surface area contributed by atoms with E-state index in [1.807, 2.05) is 13.0 Å². The fourth-order valence-electron chi connectivity index (χ4n) is 3.44. The maximum Gasteiger partial charge on any atom is 0.253 e. The van der Waals surface area contributed by atoms with Crippen LogP contribution in [0.2, 0.25) is 0 Å². The SMILES string of the molecule is CCC(=O)Nc1ccc(C)c(NC(=O)C2CCN(C(=O)c3ccc(F)cc3)CC2)c1. The number of carbonyl (C=O) groups excluding carboxylic acids is 3. The minimum Gasteiger partial charge on any atom is -0.339 e. The van der Waals surface area contributed by atoms with Gasteiger partial charge >= 0.3 is 0 Å². The third-order valence-corrected chi connectivity index (χ3v) is 5.34. The van der Waals surface area contributed by atoms with Gasteiger partial charge in [-0.15, -0.1) is 0 Å². The van der Waals surface area contributed by atoms with Gasteiger partial charge in [-0.2, -0.15) is 0 Å². The first kappa shape index (κ1) is 21.5. The molecule has 0 aromatic heterocycles. The standard InChI is InChI=1S/C23H26FN3O3/c1-3-21(28)25-19-9-4-15(2)20(14-19)26-22(29)16-10-12-27(13-11-16)23(30)17-5-7-18(24)8-6-17/h4-9,14,16H,3,10-13H2,1-2H3,(H,25,28)(H,26,29). The first-order valence-electron chi connectivity index (χ1n) is 10.1. The number of nitrogens with zero attached hydrogens (tertiary/aromatic N) is 1. The molecule has 2 aromatic carbocycles. The fourth-order valence-corrected chi connectivity index (χ4v) is 3.44. The van der Waals surface area contributed by atoms with Crippen LogP contribution in [0.25, 0.3) is 0 Å². The Morgan fingerprint density at radius 2 is 1.70 bits per heavy atom. The Labute approximate surface area is 175 Å². The maximum absolute atomic E-state index is 13.1. The molecule has 0 spiro atoms. The molecule has 3 amide bonds. The number of rotatable bonds is 5. The lowest BCUT2D eigenvalue weighted by molar-refractivity contribution is -0.121. The largest absolute Gasteiger partial charge is 0.339 e. The van der Waals surface area contributed by atoms with E-state index in [-0.39, 0.29) is 29.5 Å². The highest BCUT2D eigenvalue weighted by Crippen LogP contribution is 2.24. The first-order chi connectivity index (χ1) is 14.4. The summed E-state index contributed by atoms with van der Waals surface area (Å²) >= 11 is 0. The van der Waals surface area contributed by atoms with E-state index in [0.29, 0.717) is 49.3 Å².